The molecule has 2 rings (SSSR count). The van der Waals surface area contributed by atoms with E-state index in [4.69, 9.17) is 12.2 Å². The van der Waals surface area contributed by atoms with Gasteiger partial charge in [0.05, 0.1) is 0 Å². The molecule has 2 aromatic rings. The molecule has 0 unspecified atom stereocenters. The van der Waals surface area contributed by atoms with Gasteiger partial charge in [-0.3, -0.25) is 5.10 Å². The van der Waals surface area contributed by atoms with Crippen molar-refractivity contribution in [3.8, 4) is 5.75 Å². The predicted octanol–water partition coefficient (Wildman–Crippen LogP) is 2.66. The van der Waals surface area contributed by atoms with Crippen molar-refractivity contribution in [2.75, 3.05) is 0 Å². The van der Waals surface area contributed by atoms with Crippen LogP contribution in [0.3, 0.4) is 0 Å². The second-order valence-electron chi connectivity index (χ2n) is 2.71. The SMILES string of the molecule is Oc1ccccc1C=Nc1n[nH]c(=S)s1. The number of benzene rings is 1. The number of aliphatic imine (C=N–C) groups is 1. The van der Waals surface area contributed by atoms with Crippen molar-refractivity contribution in [3.05, 3.63) is 33.8 Å². The number of aromatic nitrogens is 2. The van der Waals surface area contributed by atoms with E-state index in [0.717, 1.165) is 0 Å². The second-order valence-corrected chi connectivity index (χ2v) is 4.36. The minimum Gasteiger partial charge on any atom is -0.507 e. The zero-order chi connectivity index (χ0) is 10.7. The van der Waals surface area contributed by atoms with Crippen LogP contribution in [0.5, 0.6) is 5.75 Å². The van der Waals surface area contributed by atoms with Crippen LogP contribution in [0.1, 0.15) is 5.56 Å². The molecule has 0 saturated heterocycles. The average Bonchev–Trinajstić information content (AvgIpc) is 2.63. The molecule has 0 saturated carbocycles. The number of rotatable bonds is 2. The molecule has 1 aromatic heterocycles. The second kappa shape index (κ2) is 4.33. The number of aromatic hydroxyl groups is 1. The number of nitrogens with one attached hydrogen (secondary N) is 1. The van der Waals surface area contributed by atoms with Crippen LogP contribution >= 0.6 is 23.6 Å². The van der Waals surface area contributed by atoms with Crippen LogP contribution in [0, 0.1) is 3.95 Å². The average molecular weight is 237 g/mol. The fourth-order valence-electron chi connectivity index (χ4n) is 0.999. The van der Waals surface area contributed by atoms with Crippen LogP contribution in [0.2, 0.25) is 0 Å². The fourth-order valence-corrected chi connectivity index (χ4v) is 1.72. The summed E-state index contributed by atoms with van der Waals surface area (Å²) < 4.78 is 0.583. The Morgan fingerprint density at radius 1 is 1.47 bits per heavy atom. The highest BCUT2D eigenvalue weighted by Crippen LogP contribution is 2.17. The Hall–Kier alpha value is -1.53. The normalized spacial score (nSPS) is 10.9. The number of phenols is 1. The first-order chi connectivity index (χ1) is 7.25. The Kier molecular flexibility index (Phi) is 2.89. The Morgan fingerprint density at radius 3 is 2.93 bits per heavy atom. The van der Waals surface area contributed by atoms with Crippen LogP contribution in [0.15, 0.2) is 29.3 Å². The molecule has 15 heavy (non-hydrogen) atoms. The molecule has 0 aliphatic carbocycles. The van der Waals surface area contributed by atoms with Crippen LogP contribution in [-0.2, 0) is 0 Å². The molecule has 0 atom stereocenters. The van der Waals surface area contributed by atoms with Gasteiger partial charge in [-0.25, -0.2) is 4.99 Å². The minimum absolute atomic E-state index is 0.195. The van der Waals surface area contributed by atoms with Gasteiger partial charge in [0, 0.05) is 11.8 Å². The standard InChI is InChI=1S/C9H7N3OS2/c13-7-4-2-1-3-6(7)5-10-8-11-12-9(14)15-8/h1-5,13H,(H,12,14). The summed E-state index contributed by atoms with van der Waals surface area (Å²) in [6.07, 6.45) is 1.55. The molecular weight excluding hydrogens is 230 g/mol. The predicted molar refractivity (Wildman–Crippen MR) is 62.7 cm³/mol. The lowest BCUT2D eigenvalue weighted by Gasteiger charge is -1.94. The molecule has 0 spiro atoms. The quantitative estimate of drug-likeness (QED) is 0.623. The fraction of sp³-hybridized carbons (Fsp3) is 0. The summed E-state index contributed by atoms with van der Waals surface area (Å²) in [5.74, 6) is 0.195. The van der Waals surface area contributed by atoms with E-state index >= 15 is 0 Å². The lowest BCUT2D eigenvalue weighted by atomic mass is 10.2. The van der Waals surface area contributed by atoms with Gasteiger partial charge in [-0.1, -0.05) is 23.5 Å². The first-order valence-electron chi connectivity index (χ1n) is 4.13. The van der Waals surface area contributed by atoms with Crippen LogP contribution in [0.4, 0.5) is 5.13 Å². The number of phenolic OH excluding ortho intramolecular Hbond substituents is 1. The third kappa shape index (κ3) is 2.48. The molecular formula is C9H7N3OS2. The first-order valence-corrected chi connectivity index (χ1v) is 5.36. The molecule has 0 amide bonds. The minimum atomic E-state index is 0.195. The molecule has 0 bridgehead atoms. The van der Waals surface area contributed by atoms with E-state index < -0.39 is 0 Å². The highest BCUT2D eigenvalue weighted by Gasteiger charge is 1.96. The molecule has 6 heteroatoms. The molecule has 4 nitrogen and oxygen atoms in total. The number of hydrogen-bond donors (Lipinski definition) is 2. The Morgan fingerprint density at radius 2 is 2.27 bits per heavy atom. The maximum Gasteiger partial charge on any atom is 0.230 e. The molecule has 0 aliphatic heterocycles. The highest BCUT2D eigenvalue weighted by atomic mass is 32.1. The van der Waals surface area contributed by atoms with E-state index in [9.17, 15) is 5.11 Å². The molecule has 1 aromatic carbocycles. The largest absolute Gasteiger partial charge is 0.507 e. The van der Waals surface area contributed by atoms with E-state index in [-0.39, 0.29) is 5.75 Å². The van der Waals surface area contributed by atoms with Gasteiger partial charge in [-0.2, -0.15) is 0 Å². The number of hydrogen-bond acceptors (Lipinski definition) is 5. The number of H-pyrrole nitrogens is 1. The highest BCUT2D eigenvalue weighted by molar-refractivity contribution is 7.73. The maximum atomic E-state index is 9.46. The zero-order valence-electron chi connectivity index (χ0n) is 7.54. The summed E-state index contributed by atoms with van der Waals surface area (Å²) in [6.45, 7) is 0. The number of aromatic amines is 1. The lowest BCUT2D eigenvalue weighted by Crippen LogP contribution is -1.80. The van der Waals surface area contributed by atoms with E-state index in [1.165, 1.54) is 11.3 Å². The van der Waals surface area contributed by atoms with Crippen molar-refractivity contribution in [1.82, 2.24) is 10.2 Å². The van der Waals surface area contributed by atoms with Crippen molar-refractivity contribution >= 4 is 34.9 Å². The molecule has 1 heterocycles. The van der Waals surface area contributed by atoms with Gasteiger partial charge in [-0.15, -0.1) is 5.10 Å². The number of nitrogens with zero attached hydrogens (tertiary/aromatic N) is 2. The Bertz CT molecular complexity index is 544. The Balaban J connectivity index is 2.26. The topological polar surface area (TPSA) is 61.3 Å². The lowest BCUT2D eigenvalue weighted by molar-refractivity contribution is 0.474. The monoisotopic (exact) mass is 237 g/mol. The molecule has 0 radical (unpaired) electrons. The van der Waals surface area contributed by atoms with Crippen LogP contribution in [0.25, 0.3) is 0 Å². The van der Waals surface area contributed by atoms with Crippen LogP contribution < -0.4 is 0 Å². The van der Waals surface area contributed by atoms with Crippen molar-refractivity contribution in [2.24, 2.45) is 4.99 Å². The van der Waals surface area contributed by atoms with Gasteiger partial charge in [0.2, 0.25) is 5.13 Å². The molecule has 2 N–H and O–H groups in total. The maximum absolute atomic E-state index is 9.46. The van der Waals surface area contributed by atoms with Gasteiger partial charge in [0.15, 0.2) is 3.95 Å². The van der Waals surface area contributed by atoms with Gasteiger partial charge in [0.1, 0.15) is 5.75 Å². The summed E-state index contributed by atoms with van der Waals surface area (Å²) in [5.41, 5.74) is 0.651. The van der Waals surface area contributed by atoms with Crippen molar-refractivity contribution in [1.29, 1.82) is 0 Å². The van der Waals surface area contributed by atoms with Gasteiger partial charge >= 0.3 is 0 Å². The summed E-state index contributed by atoms with van der Waals surface area (Å²) in [5, 5.41) is 16.5. The smallest absolute Gasteiger partial charge is 0.230 e. The molecule has 0 aliphatic rings. The molecule has 0 fully saturated rings. The van der Waals surface area contributed by atoms with Crippen molar-refractivity contribution < 1.29 is 5.11 Å². The molecule has 76 valence electrons. The van der Waals surface area contributed by atoms with Crippen LogP contribution in [-0.4, -0.2) is 21.5 Å². The first kappa shape index (κ1) is 10.0. The zero-order valence-corrected chi connectivity index (χ0v) is 9.18. The summed E-state index contributed by atoms with van der Waals surface area (Å²) in [4.78, 5) is 4.08. The van der Waals surface area contributed by atoms with Gasteiger partial charge in [0.25, 0.3) is 0 Å². The van der Waals surface area contributed by atoms with Crippen molar-refractivity contribution in [3.63, 3.8) is 0 Å². The summed E-state index contributed by atoms with van der Waals surface area (Å²) in [7, 11) is 0. The van der Waals surface area contributed by atoms with E-state index in [1.54, 1.807) is 24.4 Å². The summed E-state index contributed by atoms with van der Waals surface area (Å²) >= 11 is 6.15. The van der Waals surface area contributed by atoms with E-state index in [0.29, 0.717) is 14.6 Å². The third-order valence-electron chi connectivity index (χ3n) is 1.68. The Labute approximate surface area is 94.9 Å². The van der Waals surface area contributed by atoms with E-state index in [2.05, 4.69) is 15.2 Å². The van der Waals surface area contributed by atoms with Gasteiger partial charge in [-0.05, 0) is 24.4 Å². The third-order valence-corrected chi connectivity index (χ3v) is 2.67. The van der Waals surface area contributed by atoms with E-state index in [1.807, 2.05) is 6.07 Å². The summed E-state index contributed by atoms with van der Waals surface area (Å²) in [6, 6.07) is 6.96. The van der Waals surface area contributed by atoms with Crippen molar-refractivity contribution in [2.45, 2.75) is 0 Å². The number of para-hydroxylation sites is 1. The van der Waals surface area contributed by atoms with Gasteiger partial charge < -0.3 is 5.11 Å².